The van der Waals surface area contributed by atoms with Crippen molar-refractivity contribution in [3.05, 3.63) is 71.8 Å². The molecule has 1 unspecified atom stereocenters. The molecule has 0 radical (unpaired) electrons. The first-order valence-corrected chi connectivity index (χ1v) is 11.2. The molecule has 0 bridgehead atoms. The molecule has 2 aliphatic heterocycles. The Bertz CT molecular complexity index is 836. The lowest BCUT2D eigenvalue weighted by Gasteiger charge is -2.47. The molecule has 2 aromatic carbocycles. The Morgan fingerprint density at radius 3 is 2.24 bits per heavy atom. The molecule has 1 aliphatic carbocycles. The summed E-state index contributed by atoms with van der Waals surface area (Å²) in [6.07, 6.45) is 7.37. The fraction of sp³-hybridized carbons (Fsp3) is 0.500. The van der Waals surface area contributed by atoms with Crippen molar-refractivity contribution >= 4 is 5.91 Å². The van der Waals surface area contributed by atoms with Crippen LogP contribution in [-0.4, -0.2) is 36.1 Å². The van der Waals surface area contributed by atoms with Crippen molar-refractivity contribution in [3.8, 4) is 0 Å². The Balaban J connectivity index is 1.21. The number of rotatable bonds is 4. The summed E-state index contributed by atoms with van der Waals surface area (Å²) in [6.45, 7) is 2.54. The lowest BCUT2D eigenvalue weighted by molar-refractivity contribution is -0.149. The molecule has 3 heteroatoms. The van der Waals surface area contributed by atoms with Crippen LogP contribution in [0.1, 0.15) is 49.7 Å². The van der Waals surface area contributed by atoms with Crippen LogP contribution in [0, 0.1) is 5.92 Å². The number of piperidine rings is 1. The minimum Gasteiger partial charge on any atom is -0.375 e. The highest BCUT2D eigenvalue weighted by atomic mass is 16.5. The normalized spacial score (nSPS) is 25.0. The van der Waals surface area contributed by atoms with Crippen LogP contribution < -0.4 is 0 Å². The molecule has 2 heterocycles. The Labute approximate surface area is 174 Å². The fourth-order valence-electron chi connectivity index (χ4n) is 5.53. The van der Waals surface area contributed by atoms with E-state index in [0.717, 1.165) is 64.6 Å². The van der Waals surface area contributed by atoms with E-state index in [0.29, 0.717) is 11.8 Å². The van der Waals surface area contributed by atoms with Gasteiger partial charge in [-0.2, -0.15) is 0 Å². The predicted octanol–water partition coefficient (Wildman–Crippen LogP) is 4.75. The number of carbonyl (C=O) groups is 1. The summed E-state index contributed by atoms with van der Waals surface area (Å²) < 4.78 is 6.35. The Hall–Kier alpha value is -2.13. The first-order chi connectivity index (χ1) is 14.2. The van der Waals surface area contributed by atoms with Gasteiger partial charge < -0.3 is 9.64 Å². The van der Waals surface area contributed by atoms with E-state index in [1.165, 1.54) is 11.1 Å². The molecule has 3 fully saturated rings. The zero-order valence-corrected chi connectivity index (χ0v) is 17.2. The number of ether oxygens (including phenoxy) is 1. The maximum atomic E-state index is 13.3. The van der Waals surface area contributed by atoms with Crippen molar-refractivity contribution in [2.45, 2.75) is 56.0 Å². The van der Waals surface area contributed by atoms with Gasteiger partial charge in [-0.1, -0.05) is 60.7 Å². The molecule has 5 rings (SSSR count). The molecule has 1 saturated carbocycles. The maximum Gasteiger partial charge on any atom is 0.233 e. The lowest BCUT2D eigenvalue weighted by Crippen LogP contribution is -2.52. The van der Waals surface area contributed by atoms with Gasteiger partial charge in [0.1, 0.15) is 0 Å². The number of hydrogen-bond acceptors (Lipinski definition) is 2. The second-order valence-corrected chi connectivity index (χ2v) is 9.32. The van der Waals surface area contributed by atoms with E-state index in [1.54, 1.807) is 0 Å². The predicted molar refractivity (Wildman–Crippen MR) is 115 cm³/mol. The highest BCUT2D eigenvalue weighted by Crippen LogP contribution is 2.50. The van der Waals surface area contributed by atoms with E-state index in [2.05, 4.69) is 59.5 Å². The van der Waals surface area contributed by atoms with Crippen molar-refractivity contribution in [2.75, 3.05) is 19.7 Å². The third-order valence-electron chi connectivity index (χ3n) is 7.41. The number of carbonyl (C=O) groups excluding carboxylic acids is 1. The van der Waals surface area contributed by atoms with Gasteiger partial charge in [-0.05, 0) is 62.0 Å². The molecule has 1 amide bonds. The Morgan fingerprint density at radius 1 is 0.931 bits per heavy atom. The second kappa shape index (κ2) is 7.60. The first-order valence-electron chi connectivity index (χ1n) is 11.2. The van der Waals surface area contributed by atoms with Gasteiger partial charge in [-0.3, -0.25) is 4.79 Å². The molecule has 1 atom stereocenters. The van der Waals surface area contributed by atoms with Crippen LogP contribution in [0.5, 0.6) is 0 Å². The van der Waals surface area contributed by atoms with E-state index in [9.17, 15) is 4.79 Å². The van der Waals surface area contributed by atoms with Gasteiger partial charge in [0.15, 0.2) is 0 Å². The molecule has 3 aliphatic rings. The average molecular weight is 390 g/mol. The van der Waals surface area contributed by atoms with Gasteiger partial charge in [0.25, 0.3) is 0 Å². The van der Waals surface area contributed by atoms with Crippen molar-refractivity contribution < 1.29 is 9.53 Å². The van der Waals surface area contributed by atoms with Crippen LogP contribution in [0.25, 0.3) is 0 Å². The topological polar surface area (TPSA) is 29.5 Å². The van der Waals surface area contributed by atoms with E-state index < -0.39 is 0 Å². The molecule has 0 aromatic heterocycles. The van der Waals surface area contributed by atoms with E-state index in [1.807, 2.05) is 6.07 Å². The molecule has 152 valence electrons. The molecule has 29 heavy (non-hydrogen) atoms. The van der Waals surface area contributed by atoms with Crippen molar-refractivity contribution in [3.63, 3.8) is 0 Å². The van der Waals surface area contributed by atoms with Crippen LogP contribution in [0.2, 0.25) is 0 Å². The van der Waals surface area contributed by atoms with Gasteiger partial charge >= 0.3 is 0 Å². The molecule has 1 spiro atoms. The number of nitrogens with zero attached hydrogens (tertiary/aromatic N) is 1. The van der Waals surface area contributed by atoms with Gasteiger partial charge in [-0.25, -0.2) is 0 Å². The quantitative estimate of drug-likeness (QED) is 0.755. The molecular formula is C26H31NO2. The zero-order chi connectivity index (χ0) is 19.7. The third kappa shape index (κ3) is 3.73. The zero-order valence-electron chi connectivity index (χ0n) is 17.2. The third-order valence-corrected chi connectivity index (χ3v) is 7.41. The van der Waals surface area contributed by atoms with Gasteiger partial charge in [0.05, 0.1) is 11.0 Å². The van der Waals surface area contributed by atoms with Crippen LogP contribution in [-0.2, 0) is 21.4 Å². The summed E-state index contributed by atoms with van der Waals surface area (Å²) in [7, 11) is 0. The fourth-order valence-corrected chi connectivity index (χ4v) is 5.53. The number of amides is 1. The summed E-state index contributed by atoms with van der Waals surface area (Å²) in [6, 6.07) is 21.2. The Morgan fingerprint density at radius 2 is 1.59 bits per heavy atom. The summed E-state index contributed by atoms with van der Waals surface area (Å²) in [5.74, 6) is 1.03. The summed E-state index contributed by atoms with van der Waals surface area (Å²) >= 11 is 0. The van der Waals surface area contributed by atoms with E-state index in [4.69, 9.17) is 4.74 Å². The van der Waals surface area contributed by atoms with E-state index in [-0.39, 0.29) is 11.0 Å². The number of hydrogen-bond donors (Lipinski definition) is 0. The van der Waals surface area contributed by atoms with Gasteiger partial charge in [0.2, 0.25) is 5.91 Å². The van der Waals surface area contributed by atoms with Crippen LogP contribution in [0.3, 0.4) is 0 Å². The number of likely N-dealkylation sites (tertiary alicyclic amines) is 1. The maximum absolute atomic E-state index is 13.3. The number of benzene rings is 2. The molecule has 3 nitrogen and oxygen atoms in total. The summed E-state index contributed by atoms with van der Waals surface area (Å²) in [4.78, 5) is 15.5. The van der Waals surface area contributed by atoms with Gasteiger partial charge in [-0.15, -0.1) is 0 Å². The van der Waals surface area contributed by atoms with Crippen molar-refractivity contribution in [1.82, 2.24) is 4.90 Å². The first kappa shape index (κ1) is 18.9. The van der Waals surface area contributed by atoms with Crippen molar-refractivity contribution in [1.29, 1.82) is 0 Å². The van der Waals surface area contributed by atoms with E-state index >= 15 is 0 Å². The lowest BCUT2D eigenvalue weighted by atomic mass is 9.77. The average Bonchev–Trinajstić information content (AvgIpc) is 3.58. The highest BCUT2D eigenvalue weighted by molar-refractivity contribution is 5.91. The Kier molecular flexibility index (Phi) is 4.95. The SMILES string of the molecule is O=C(N1CCC2(CC1)CC(Cc1ccccc1)CCO2)C1(c2ccccc2)CC1. The second-order valence-electron chi connectivity index (χ2n) is 9.32. The molecular weight excluding hydrogens is 358 g/mol. The molecule has 2 saturated heterocycles. The largest absolute Gasteiger partial charge is 0.375 e. The minimum absolute atomic E-state index is 0.0159. The van der Waals surface area contributed by atoms with Crippen LogP contribution >= 0.6 is 0 Å². The molecule has 2 aromatic rings. The van der Waals surface area contributed by atoms with Crippen LogP contribution in [0.4, 0.5) is 0 Å². The van der Waals surface area contributed by atoms with Gasteiger partial charge in [0, 0.05) is 19.7 Å². The highest BCUT2D eigenvalue weighted by Gasteiger charge is 2.54. The molecule has 0 N–H and O–H groups in total. The van der Waals surface area contributed by atoms with Crippen molar-refractivity contribution in [2.24, 2.45) is 5.92 Å². The monoisotopic (exact) mass is 389 g/mol. The smallest absolute Gasteiger partial charge is 0.233 e. The van der Waals surface area contributed by atoms with Crippen LogP contribution in [0.15, 0.2) is 60.7 Å². The minimum atomic E-state index is -0.241. The summed E-state index contributed by atoms with van der Waals surface area (Å²) in [5, 5.41) is 0. The summed E-state index contributed by atoms with van der Waals surface area (Å²) in [5.41, 5.74) is 2.37. The standard InChI is InChI=1S/C26H31NO2/c28-24(26(12-13-26)23-9-5-2-6-10-23)27-16-14-25(15-17-27)20-22(11-18-29-25)19-21-7-3-1-4-8-21/h1-10,22H,11-20H2.